The quantitative estimate of drug-likeness (QED) is 0.649. The maximum absolute atomic E-state index is 12.2. The lowest BCUT2D eigenvalue weighted by atomic mass is 10.1. The number of nitrogens with one attached hydrogen (secondary N) is 1. The van der Waals surface area contributed by atoms with Crippen molar-refractivity contribution >= 4 is 17.7 Å². The minimum absolute atomic E-state index is 0.112. The molecule has 0 fully saturated rings. The standard InChI is InChI=1S/C12H19N3OS/c1-7-9(10(16)15-12(3,4)5)11(17-6)14-8(2)13-7/h1-6H3,(H,15,16). The van der Waals surface area contributed by atoms with Crippen LogP contribution >= 0.6 is 11.8 Å². The fourth-order valence-electron chi connectivity index (χ4n) is 1.49. The largest absolute Gasteiger partial charge is 0.347 e. The zero-order chi connectivity index (χ0) is 13.2. The second-order valence-corrected chi connectivity index (χ2v) is 5.74. The number of hydrogen-bond donors (Lipinski definition) is 1. The first-order valence-electron chi connectivity index (χ1n) is 5.46. The monoisotopic (exact) mass is 253 g/mol. The summed E-state index contributed by atoms with van der Waals surface area (Å²) in [7, 11) is 0. The molecule has 1 amide bonds. The normalized spacial score (nSPS) is 11.4. The fourth-order valence-corrected chi connectivity index (χ4v) is 2.16. The van der Waals surface area contributed by atoms with Gasteiger partial charge < -0.3 is 5.32 Å². The highest BCUT2D eigenvalue weighted by molar-refractivity contribution is 7.98. The van der Waals surface area contributed by atoms with Gasteiger partial charge in [-0.25, -0.2) is 9.97 Å². The van der Waals surface area contributed by atoms with Crippen LogP contribution in [0.15, 0.2) is 5.03 Å². The van der Waals surface area contributed by atoms with Gasteiger partial charge in [0.25, 0.3) is 5.91 Å². The summed E-state index contributed by atoms with van der Waals surface area (Å²) in [6, 6.07) is 0. The van der Waals surface area contributed by atoms with Crippen LogP contribution in [0.4, 0.5) is 0 Å². The Morgan fingerprint density at radius 1 is 1.24 bits per heavy atom. The molecule has 1 aromatic heterocycles. The molecule has 0 aromatic carbocycles. The Morgan fingerprint density at radius 3 is 2.29 bits per heavy atom. The molecule has 0 bridgehead atoms. The number of carbonyl (C=O) groups is 1. The number of aromatic nitrogens is 2. The van der Waals surface area contributed by atoms with E-state index in [9.17, 15) is 4.79 Å². The van der Waals surface area contributed by atoms with Crippen molar-refractivity contribution in [2.24, 2.45) is 0 Å². The van der Waals surface area contributed by atoms with Gasteiger partial charge >= 0.3 is 0 Å². The number of hydrogen-bond acceptors (Lipinski definition) is 4. The van der Waals surface area contributed by atoms with Gasteiger partial charge in [-0.1, -0.05) is 0 Å². The van der Waals surface area contributed by atoms with Crippen LogP contribution in [0.2, 0.25) is 0 Å². The van der Waals surface area contributed by atoms with Gasteiger partial charge in [0.1, 0.15) is 10.9 Å². The highest BCUT2D eigenvalue weighted by atomic mass is 32.2. The van der Waals surface area contributed by atoms with E-state index in [0.717, 1.165) is 10.7 Å². The summed E-state index contributed by atoms with van der Waals surface area (Å²) < 4.78 is 0. The van der Waals surface area contributed by atoms with Crippen LogP contribution in [0, 0.1) is 13.8 Å². The first-order valence-corrected chi connectivity index (χ1v) is 6.69. The Labute approximate surface area is 107 Å². The molecule has 0 radical (unpaired) electrons. The number of rotatable bonds is 2. The lowest BCUT2D eigenvalue weighted by Gasteiger charge is -2.21. The molecule has 5 heteroatoms. The molecule has 0 spiro atoms. The summed E-state index contributed by atoms with van der Waals surface area (Å²) in [6.07, 6.45) is 1.91. The summed E-state index contributed by atoms with van der Waals surface area (Å²) in [5, 5.41) is 3.67. The van der Waals surface area contributed by atoms with E-state index in [1.807, 2.05) is 40.9 Å². The number of carbonyl (C=O) groups excluding carboxylic acids is 1. The lowest BCUT2D eigenvalue weighted by molar-refractivity contribution is 0.0914. The molecule has 1 N–H and O–H groups in total. The maximum Gasteiger partial charge on any atom is 0.256 e. The summed E-state index contributed by atoms with van der Waals surface area (Å²) in [6.45, 7) is 9.53. The van der Waals surface area contributed by atoms with E-state index in [4.69, 9.17) is 0 Å². The predicted molar refractivity (Wildman–Crippen MR) is 70.5 cm³/mol. The van der Waals surface area contributed by atoms with Gasteiger partial charge in [0.2, 0.25) is 0 Å². The van der Waals surface area contributed by atoms with Gasteiger partial charge in [0.05, 0.1) is 11.3 Å². The third-order valence-electron chi connectivity index (χ3n) is 2.08. The molecule has 0 atom stereocenters. The molecule has 94 valence electrons. The molecule has 0 aliphatic heterocycles. The van der Waals surface area contributed by atoms with Crippen LogP contribution < -0.4 is 5.32 Å². The third kappa shape index (κ3) is 3.70. The third-order valence-corrected chi connectivity index (χ3v) is 2.76. The molecule has 0 unspecified atom stereocenters. The summed E-state index contributed by atoms with van der Waals surface area (Å²) in [5.41, 5.74) is 1.05. The predicted octanol–water partition coefficient (Wildman–Crippen LogP) is 2.34. The van der Waals surface area contributed by atoms with E-state index < -0.39 is 0 Å². The Kier molecular flexibility index (Phi) is 4.14. The molecule has 4 nitrogen and oxygen atoms in total. The van der Waals surface area contributed by atoms with E-state index in [1.165, 1.54) is 11.8 Å². The highest BCUT2D eigenvalue weighted by Crippen LogP contribution is 2.20. The Bertz CT molecular complexity index is 438. The summed E-state index contributed by atoms with van der Waals surface area (Å²) in [5.74, 6) is 0.582. The minimum Gasteiger partial charge on any atom is -0.347 e. The van der Waals surface area contributed by atoms with E-state index in [0.29, 0.717) is 11.4 Å². The summed E-state index contributed by atoms with van der Waals surface area (Å²) in [4.78, 5) is 20.7. The molecule has 1 heterocycles. The fraction of sp³-hybridized carbons (Fsp3) is 0.583. The van der Waals surface area contributed by atoms with Crippen molar-refractivity contribution in [1.29, 1.82) is 0 Å². The van der Waals surface area contributed by atoms with E-state index >= 15 is 0 Å². The molecular weight excluding hydrogens is 234 g/mol. The zero-order valence-electron chi connectivity index (χ0n) is 11.2. The van der Waals surface area contributed by atoms with E-state index in [2.05, 4.69) is 15.3 Å². The Balaban J connectivity index is 3.17. The second kappa shape index (κ2) is 5.04. The number of nitrogens with zero attached hydrogens (tertiary/aromatic N) is 2. The van der Waals surface area contributed by atoms with Crippen molar-refractivity contribution in [3.05, 3.63) is 17.1 Å². The molecule has 0 aliphatic carbocycles. The van der Waals surface area contributed by atoms with Crippen LogP contribution in [0.25, 0.3) is 0 Å². The van der Waals surface area contributed by atoms with E-state index in [-0.39, 0.29) is 11.4 Å². The maximum atomic E-state index is 12.2. The van der Waals surface area contributed by atoms with Gasteiger partial charge in [-0.3, -0.25) is 4.79 Å². The van der Waals surface area contributed by atoms with Crippen molar-refractivity contribution in [3.8, 4) is 0 Å². The van der Waals surface area contributed by atoms with Gasteiger partial charge in [-0.05, 0) is 40.9 Å². The SMILES string of the molecule is CSc1nc(C)nc(C)c1C(=O)NC(C)(C)C. The van der Waals surface area contributed by atoms with Crippen molar-refractivity contribution in [1.82, 2.24) is 15.3 Å². The van der Waals surface area contributed by atoms with Crippen molar-refractivity contribution in [3.63, 3.8) is 0 Å². The van der Waals surface area contributed by atoms with E-state index in [1.54, 1.807) is 0 Å². The average molecular weight is 253 g/mol. The van der Waals surface area contributed by atoms with Crippen LogP contribution in [-0.2, 0) is 0 Å². The molecule has 1 rings (SSSR count). The van der Waals surface area contributed by atoms with Crippen LogP contribution in [0.5, 0.6) is 0 Å². The lowest BCUT2D eigenvalue weighted by Crippen LogP contribution is -2.41. The smallest absolute Gasteiger partial charge is 0.256 e. The van der Waals surface area contributed by atoms with Gasteiger partial charge in [-0.2, -0.15) is 0 Å². The van der Waals surface area contributed by atoms with Gasteiger partial charge in [0, 0.05) is 5.54 Å². The number of aryl methyl sites for hydroxylation is 2. The summed E-state index contributed by atoms with van der Waals surface area (Å²) >= 11 is 1.47. The molecule has 0 saturated heterocycles. The van der Waals surface area contributed by atoms with Crippen molar-refractivity contribution in [2.75, 3.05) is 6.26 Å². The van der Waals surface area contributed by atoms with Gasteiger partial charge in [0.15, 0.2) is 0 Å². The van der Waals surface area contributed by atoms with Crippen LogP contribution in [0.3, 0.4) is 0 Å². The first-order chi connectivity index (χ1) is 7.74. The molecule has 17 heavy (non-hydrogen) atoms. The molecular formula is C12H19N3OS. The average Bonchev–Trinajstić information content (AvgIpc) is 2.12. The van der Waals surface area contributed by atoms with Gasteiger partial charge in [-0.15, -0.1) is 11.8 Å². The second-order valence-electron chi connectivity index (χ2n) is 4.94. The van der Waals surface area contributed by atoms with Crippen molar-refractivity contribution < 1.29 is 4.79 Å². The number of thioether (sulfide) groups is 1. The van der Waals surface area contributed by atoms with Crippen LogP contribution in [-0.4, -0.2) is 27.7 Å². The molecule has 0 saturated carbocycles. The topological polar surface area (TPSA) is 54.9 Å². The Morgan fingerprint density at radius 2 is 1.82 bits per heavy atom. The molecule has 1 aromatic rings. The minimum atomic E-state index is -0.260. The molecule has 0 aliphatic rings. The number of amides is 1. The zero-order valence-corrected chi connectivity index (χ0v) is 12.0. The first kappa shape index (κ1) is 14.0. The Hall–Kier alpha value is -1.10. The van der Waals surface area contributed by atoms with Crippen LogP contribution in [0.1, 0.15) is 42.6 Å². The van der Waals surface area contributed by atoms with Crippen molar-refractivity contribution in [2.45, 2.75) is 45.2 Å². The highest BCUT2D eigenvalue weighted by Gasteiger charge is 2.21.